The zero-order chi connectivity index (χ0) is 23.7. The molecule has 3 rings (SSSR count). The van der Waals surface area contributed by atoms with E-state index in [0.29, 0.717) is 5.56 Å². The summed E-state index contributed by atoms with van der Waals surface area (Å²) in [6.45, 7) is 4.65. The molecule has 172 valence electrons. The van der Waals surface area contributed by atoms with Crippen LogP contribution in [0.5, 0.6) is 5.75 Å². The molecule has 1 aliphatic rings. The van der Waals surface area contributed by atoms with E-state index in [9.17, 15) is 28.1 Å². The Bertz CT molecular complexity index is 972. The number of ether oxygens (including phenoxy) is 3. The Hall–Kier alpha value is -3.14. The van der Waals surface area contributed by atoms with E-state index in [1.165, 1.54) is 12.1 Å². The monoisotopic (exact) mass is 453 g/mol. The maximum absolute atomic E-state index is 13.3. The molecule has 0 N–H and O–H groups in total. The van der Waals surface area contributed by atoms with E-state index in [2.05, 4.69) is 4.74 Å². The first kappa shape index (κ1) is 23.5. The highest BCUT2D eigenvalue weighted by Gasteiger charge is 2.60. The standard InChI is InChI=1S/C22H22F3NO6/c1-20(2,3)19-30-18(27)21(32-19,15-7-5-4-6-8-15)17(13-26(28)29)14-9-11-16(12-10-14)31-22(23,24)25/h4-12,17,19H,13H2,1-3H3/t17-,19+,21+/m0/s1. The SMILES string of the molecule is CC(C)(C)[C@@H]1OC(=O)[C@@](c2ccccc2)([C@@H](C[N+](=O)[O-])c2ccc(OC(F)(F)F)cc2)O1. The van der Waals surface area contributed by atoms with Crippen molar-refractivity contribution in [2.45, 2.75) is 44.9 Å². The van der Waals surface area contributed by atoms with Gasteiger partial charge in [0.25, 0.3) is 0 Å². The van der Waals surface area contributed by atoms with Crippen LogP contribution in [0.15, 0.2) is 54.6 Å². The van der Waals surface area contributed by atoms with Crippen LogP contribution in [0.3, 0.4) is 0 Å². The summed E-state index contributed by atoms with van der Waals surface area (Å²) < 4.78 is 53.1. The fourth-order valence-electron chi connectivity index (χ4n) is 3.60. The Morgan fingerprint density at radius 2 is 1.69 bits per heavy atom. The van der Waals surface area contributed by atoms with Gasteiger partial charge in [-0.1, -0.05) is 63.2 Å². The molecule has 0 spiro atoms. The summed E-state index contributed by atoms with van der Waals surface area (Å²) in [7, 11) is 0. The van der Waals surface area contributed by atoms with Crippen molar-refractivity contribution in [3.05, 3.63) is 75.8 Å². The topological polar surface area (TPSA) is 87.9 Å². The molecule has 3 atom stereocenters. The lowest BCUT2D eigenvalue weighted by Crippen LogP contribution is -2.43. The molecule has 10 heteroatoms. The van der Waals surface area contributed by atoms with Gasteiger partial charge in [0.05, 0.1) is 5.92 Å². The molecule has 1 fully saturated rings. The number of alkyl halides is 3. The predicted octanol–water partition coefficient (Wildman–Crippen LogP) is 4.79. The molecule has 1 heterocycles. The van der Waals surface area contributed by atoms with Crippen molar-refractivity contribution < 1.29 is 37.1 Å². The Kier molecular flexibility index (Phi) is 6.19. The highest BCUT2D eigenvalue weighted by Crippen LogP contribution is 2.49. The number of hydrogen-bond donors (Lipinski definition) is 0. The van der Waals surface area contributed by atoms with Crippen LogP contribution in [-0.2, 0) is 19.9 Å². The summed E-state index contributed by atoms with van der Waals surface area (Å²) in [6, 6.07) is 12.8. The average Bonchev–Trinajstić information content (AvgIpc) is 3.05. The second kappa shape index (κ2) is 8.42. The Morgan fingerprint density at radius 1 is 1.09 bits per heavy atom. The highest BCUT2D eigenvalue weighted by atomic mass is 19.4. The first-order chi connectivity index (χ1) is 14.8. The number of carbonyl (C=O) groups is 1. The average molecular weight is 453 g/mol. The van der Waals surface area contributed by atoms with E-state index in [0.717, 1.165) is 12.1 Å². The third-order valence-corrected chi connectivity index (χ3v) is 5.06. The van der Waals surface area contributed by atoms with E-state index >= 15 is 0 Å². The minimum absolute atomic E-state index is 0.228. The van der Waals surface area contributed by atoms with Gasteiger partial charge < -0.3 is 14.2 Å². The van der Waals surface area contributed by atoms with Crippen LogP contribution < -0.4 is 4.74 Å². The molecule has 1 saturated heterocycles. The normalized spacial score (nSPS) is 22.3. The summed E-state index contributed by atoms with van der Waals surface area (Å²) in [5, 5.41) is 11.6. The van der Waals surface area contributed by atoms with E-state index in [1.807, 2.05) is 0 Å². The lowest BCUT2D eigenvalue weighted by Gasteiger charge is -2.33. The molecule has 2 aromatic carbocycles. The number of rotatable bonds is 6. The van der Waals surface area contributed by atoms with Crippen molar-refractivity contribution in [2.24, 2.45) is 5.41 Å². The largest absolute Gasteiger partial charge is 0.573 e. The smallest absolute Gasteiger partial charge is 0.433 e. The maximum Gasteiger partial charge on any atom is 0.573 e. The first-order valence-corrected chi connectivity index (χ1v) is 9.75. The van der Waals surface area contributed by atoms with E-state index in [4.69, 9.17) is 9.47 Å². The second-order valence-electron chi connectivity index (χ2n) is 8.51. The van der Waals surface area contributed by atoms with Gasteiger partial charge in [0, 0.05) is 10.3 Å². The van der Waals surface area contributed by atoms with Gasteiger partial charge in [0.2, 0.25) is 18.4 Å². The molecule has 0 aromatic heterocycles. The van der Waals surface area contributed by atoms with Crippen LogP contribution in [0, 0.1) is 15.5 Å². The van der Waals surface area contributed by atoms with Crippen molar-refractivity contribution in [3.63, 3.8) is 0 Å². The van der Waals surface area contributed by atoms with Gasteiger partial charge in [-0.15, -0.1) is 13.2 Å². The Balaban J connectivity index is 2.13. The number of hydrogen-bond acceptors (Lipinski definition) is 6. The van der Waals surface area contributed by atoms with Gasteiger partial charge in [-0.05, 0) is 23.3 Å². The molecule has 0 unspecified atom stereocenters. The molecular weight excluding hydrogens is 431 g/mol. The molecule has 32 heavy (non-hydrogen) atoms. The Labute approximate surface area is 182 Å². The third-order valence-electron chi connectivity index (χ3n) is 5.06. The van der Waals surface area contributed by atoms with Crippen molar-refractivity contribution in [3.8, 4) is 5.75 Å². The first-order valence-electron chi connectivity index (χ1n) is 9.75. The minimum atomic E-state index is -4.88. The molecule has 0 bridgehead atoms. The van der Waals surface area contributed by atoms with Crippen LogP contribution in [0.25, 0.3) is 0 Å². The van der Waals surface area contributed by atoms with Crippen molar-refractivity contribution in [1.29, 1.82) is 0 Å². The van der Waals surface area contributed by atoms with Crippen LogP contribution in [0.2, 0.25) is 0 Å². The molecule has 0 amide bonds. The summed E-state index contributed by atoms with van der Waals surface area (Å²) in [4.78, 5) is 24.2. The number of halogens is 3. The van der Waals surface area contributed by atoms with Gasteiger partial charge in [0.15, 0.2) is 0 Å². The van der Waals surface area contributed by atoms with Gasteiger partial charge in [-0.3, -0.25) is 10.1 Å². The number of nitro groups is 1. The Morgan fingerprint density at radius 3 is 2.16 bits per heavy atom. The predicted molar refractivity (Wildman–Crippen MR) is 106 cm³/mol. The quantitative estimate of drug-likeness (QED) is 0.355. The molecule has 2 aromatic rings. The fraction of sp³-hybridized carbons (Fsp3) is 0.409. The van der Waals surface area contributed by atoms with Gasteiger partial charge in [-0.25, -0.2) is 4.79 Å². The molecule has 7 nitrogen and oxygen atoms in total. The van der Waals surface area contributed by atoms with Crippen LogP contribution >= 0.6 is 0 Å². The van der Waals surface area contributed by atoms with E-state index < -0.39 is 52.8 Å². The number of cyclic esters (lactones) is 1. The van der Waals surface area contributed by atoms with Crippen molar-refractivity contribution >= 4 is 5.97 Å². The summed E-state index contributed by atoms with van der Waals surface area (Å²) in [6.07, 6.45) is -5.87. The maximum atomic E-state index is 13.3. The molecule has 0 saturated carbocycles. The van der Waals surface area contributed by atoms with Crippen LogP contribution in [0.1, 0.15) is 37.8 Å². The lowest BCUT2D eigenvalue weighted by molar-refractivity contribution is -0.487. The van der Waals surface area contributed by atoms with E-state index in [-0.39, 0.29) is 5.56 Å². The summed E-state index contributed by atoms with van der Waals surface area (Å²) in [5.74, 6) is -2.47. The summed E-state index contributed by atoms with van der Waals surface area (Å²) in [5.41, 5.74) is -1.92. The van der Waals surface area contributed by atoms with Gasteiger partial charge in [-0.2, -0.15) is 0 Å². The van der Waals surface area contributed by atoms with Gasteiger partial charge in [0.1, 0.15) is 5.75 Å². The number of benzene rings is 2. The van der Waals surface area contributed by atoms with Crippen molar-refractivity contribution in [1.82, 2.24) is 0 Å². The lowest BCUT2D eigenvalue weighted by atomic mass is 9.77. The molecular formula is C22H22F3NO6. The number of carbonyl (C=O) groups excluding carboxylic acids is 1. The molecule has 0 aliphatic carbocycles. The molecule has 0 radical (unpaired) electrons. The second-order valence-corrected chi connectivity index (χ2v) is 8.51. The minimum Gasteiger partial charge on any atom is -0.433 e. The molecule has 1 aliphatic heterocycles. The van der Waals surface area contributed by atoms with Crippen molar-refractivity contribution in [2.75, 3.05) is 6.54 Å². The fourth-order valence-corrected chi connectivity index (χ4v) is 3.60. The highest BCUT2D eigenvalue weighted by molar-refractivity contribution is 5.84. The summed E-state index contributed by atoms with van der Waals surface area (Å²) >= 11 is 0. The number of esters is 1. The van der Waals surface area contributed by atoms with E-state index in [1.54, 1.807) is 51.1 Å². The zero-order valence-corrected chi connectivity index (χ0v) is 17.6. The number of nitrogens with zero attached hydrogens (tertiary/aromatic N) is 1. The third kappa shape index (κ3) is 4.85. The van der Waals surface area contributed by atoms with Crippen LogP contribution in [-0.4, -0.2) is 30.1 Å². The zero-order valence-electron chi connectivity index (χ0n) is 17.6. The van der Waals surface area contributed by atoms with Gasteiger partial charge >= 0.3 is 12.3 Å². The van der Waals surface area contributed by atoms with Crippen LogP contribution in [0.4, 0.5) is 13.2 Å².